The van der Waals surface area contributed by atoms with E-state index in [9.17, 15) is 0 Å². The van der Waals surface area contributed by atoms with Crippen LogP contribution in [-0.2, 0) is 4.74 Å². The number of halogens is 2. The Labute approximate surface area is 122 Å². The molecule has 3 nitrogen and oxygen atoms in total. The predicted octanol–water partition coefficient (Wildman–Crippen LogP) is 3.07. The summed E-state index contributed by atoms with van der Waals surface area (Å²) in [6, 6.07) is 6.20. The Bertz CT molecular complexity index is 389. The molecule has 2 atom stereocenters. The van der Waals surface area contributed by atoms with Crippen LogP contribution in [0.2, 0.25) is 5.02 Å². The lowest BCUT2D eigenvalue weighted by molar-refractivity contribution is 0.0910. The van der Waals surface area contributed by atoms with Crippen LogP contribution >= 0.6 is 27.5 Å². The van der Waals surface area contributed by atoms with Crippen LogP contribution in [-0.4, -0.2) is 38.3 Å². The second kappa shape index (κ2) is 7.46. The molecule has 0 bridgehead atoms. The van der Waals surface area contributed by atoms with Crippen molar-refractivity contribution in [1.82, 2.24) is 4.90 Å². The molecule has 2 N–H and O–H groups in total. The molecule has 0 saturated heterocycles. The highest BCUT2D eigenvalue weighted by Crippen LogP contribution is 2.30. The number of nitrogens with zero attached hydrogens (tertiary/aromatic N) is 1. The van der Waals surface area contributed by atoms with Crippen molar-refractivity contribution in [2.75, 3.05) is 27.3 Å². The standard InChI is InChI=1S/C13H20BrClN2O/c1-9(8-18-3)17(2)13(7-16)11-6-10(14)4-5-12(11)15/h4-6,9,13H,7-8,16H2,1-3H3. The van der Waals surface area contributed by atoms with Crippen LogP contribution < -0.4 is 5.73 Å². The Hall–Kier alpha value is -0.130. The number of likely N-dealkylation sites (N-methyl/N-ethyl adjacent to an activating group) is 1. The minimum absolute atomic E-state index is 0.0835. The zero-order valence-corrected chi connectivity index (χ0v) is 13.3. The molecule has 1 aromatic carbocycles. The van der Waals surface area contributed by atoms with Gasteiger partial charge in [-0.2, -0.15) is 0 Å². The van der Waals surface area contributed by atoms with Gasteiger partial charge in [0.05, 0.1) is 6.61 Å². The van der Waals surface area contributed by atoms with E-state index in [0.29, 0.717) is 13.2 Å². The van der Waals surface area contributed by atoms with E-state index in [1.165, 1.54) is 0 Å². The lowest BCUT2D eigenvalue weighted by Gasteiger charge is -2.33. The van der Waals surface area contributed by atoms with Crippen molar-refractivity contribution in [1.29, 1.82) is 0 Å². The van der Waals surface area contributed by atoms with Crippen molar-refractivity contribution in [2.45, 2.75) is 19.0 Å². The Morgan fingerprint density at radius 1 is 1.50 bits per heavy atom. The molecular formula is C13H20BrClN2O. The van der Waals surface area contributed by atoms with E-state index in [1.807, 2.05) is 25.2 Å². The Kier molecular flexibility index (Phi) is 6.60. The normalized spacial score (nSPS) is 14.8. The first kappa shape index (κ1) is 15.9. The summed E-state index contributed by atoms with van der Waals surface area (Å²) in [6.45, 7) is 3.29. The molecule has 2 unspecified atom stereocenters. The third kappa shape index (κ3) is 3.93. The van der Waals surface area contributed by atoms with Gasteiger partial charge >= 0.3 is 0 Å². The minimum Gasteiger partial charge on any atom is -0.383 e. The fourth-order valence-electron chi connectivity index (χ4n) is 1.95. The van der Waals surface area contributed by atoms with E-state index in [-0.39, 0.29) is 12.1 Å². The van der Waals surface area contributed by atoms with Gasteiger partial charge in [-0.3, -0.25) is 4.90 Å². The molecule has 0 aliphatic rings. The zero-order valence-electron chi connectivity index (χ0n) is 11.0. The molecule has 5 heteroatoms. The minimum atomic E-state index is 0.0835. The van der Waals surface area contributed by atoms with Gasteiger partial charge in [-0.1, -0.05) is 27.5 Å². The maximum absolute atomic E-state index is 6.26. The van der Waals surface area contributed by atoms with Crippen molar-refractivity contribution in [3.05, 3.63) is 33.3 Å². The first-order valence-corrected chi connectivity index (χ1v) is 7.04. The van der Waals surface area contributed by atoms with Gasteiger partial charge in [0.25, 0.3) is 0 Å². The fourth-order valence-corrected chi connectivity index (χ4v) is 2.57. The van der Waals surface area contributed by atoms with Crippen LogP contribution in [0.1, 0.15) is 18.5 Å². The smallest absolute Gasteiger partial charge is 0.0615 e. The summed E-state index contributed by atoms with van der Waals surface area (Å²) >= 11 is 9.73. The summed E-state index contributed by atoms with van der Waals surface area (Å²) in [5.74, 6) is 0. The number of nitrogens with two attached hydrogens (primary N) is 1. The molecule has 0 heterocycles. The van der Waals surface area contributed by atoms with Crippen molar-refractivity contribution in [3.8, 4) is 0 Å². The highest BCUT2D eigenvalue weighted by Gasteiger charge is 2.22. The number of benzene rings is 1. The van der Waals surface area contributed by atoms with Gasteiger partial charge in [0.1, 0.15) is 0 Å². The quantitative estimate of drug-likeness (QED) is 0.868. The summed E-state index contributed by atoms with van der Waals surface area (Å²) in [7, 11) is 3.74. The summed E-state index contributed by atoms with van der Waals surface area (Å²) in [4.78, 5) is 2.19. The number of hydrogen-bond donors (Lipinski definition) is 1. The van der Waals surface area contributed by atoms with Gasteiger partial charge in [-0.25, -0.2) is 0 Å². The number of methoxy groups -OCH3 is 1. The SMILES string of the molecule is COCC(C)N(C)C(CN)c1cc(Br)ccc1Cl. The van der Waals surface area contributed by atoms with Crippen LogP contribution in [0.4, 0.5) is 0 Å². The first-order valence-electron chi connectivity index (χ1n) is 5.87. The van der Waals surface area contributed by atoms with E-state index in [1.54, 1.807) is 7.11 Å². The second-order valence-corrected chi connectivity index (χ2v) is 5.71. The molecule has 0 fully saturated rings. The molecule has 0 aliphatic heterocycles. The lowest BCUT2D eigenvalue weighted by atomic mass is 10.0. The highest BCUT2D eigenvalue weighted by atomic mass is 79.9. The highest BCUT2D eigenvalue weighted by molar-refractivity contribution is 9.10. The molecule has 1 rings (SSSR count). The molecule has 0 aliphatic carbocycles. The molecule has 0 radical (unpaired) electrons. The molecule has 0 saturated carbocycles. The number of hydrogen-bond acceptors (Lipinski definition) is 3. The summed E-state index contributed by atoms with van der Waals surface area (Å²) in [5.41, 5.74) is 6.94. The molecule has 102 valence electrons. The predicted molar refractivity (Wildman–Crippen MR) is 80.0 cm³/mol. The maximum atomic E-state index is 6.26. The second-order valence-electron chi connectivity index (χ2n) is 4.39. The summed E-state index contributed by atoms with van der Waals surface area (Å²) < 4.78 is 6.19. The van der Waals surface area contributed by atoms with E-state index < -0.39 is 0 Å². The van der Waals surface area contributed by atoms with Gasteiger partial charge < -0.3 is 10.5 Å². The van der Waals surface area contributed by atoms with Crippen molar-refractivity contribution < 1.29 is 4.74 Å². The molecule has 18 heavy (non-hydrogen) atoms. The topological polar surface area (TPSA) is 38.5 Å². The average molecular weight is 336 g/mol. The largest absolute Gasteiger partial charge is 0.383 e. The van der Waals surface area contributed by atoms with Crippen LogP contribution in [0.15, 0.2) is 22.7 Å². The summed E-state index contributed by atoms with van der Waals surface area (Å²) in [6.07, 6.45) is 0. The Balaban J connectivity index is 2.98. The van der Waals surface area contributed by atoms with Gasteiger partial charge in [-0.05, 0) is 37.7 Å². The van der Waals surface area contributed by atoms with E-state index in [2.05, 4.69) is 27.8 Å². The maximum Gasteiger partial charge on any atom is 0.0615 e. The van der Waals surface area contributed by atoms with E-state index >= 15 is 0 Å². The van der Waals surface area contributed by atoms with Gasteiger partial charge in [-0.15, -0.1) is 0 Å². The van der Waals surface area contributed by atoms with Gasteiger partial charge in [0.15, 0.2) is 0 Å². The number of rotatable bonds is 6. The van der Waals surface area contributed by atoms with Crippen LogP contribution in [0, 0.1) is 0 Å². The molecule has 0 aromatic heterocycles. The number of ether oxygens (including phenoxy) is 1. The Morgan fingerprint density at radius 3 is 2.72 bits per heavy atom. The zero-order chi connectivity index (χ0) is 13.7. The van der Waals surface area contributed by atoms with Gasteiger partial charge in [0.2, 0.25) is 0 Å². The average Bonchev–Trinajstić information content (AvgIpc) is 2.34. The Morgan fingerprint density at radius 2 is 2.17 bits per heavy atom. The van der Waals surface area contributed by atoms with Crippen LogP contribution in [0.5, 0.6) is 0 Å². The molecule has 0 spiro atoms. The van der Waals surface area contributed by atoms with Crippen LogP contribution in [0.3, 0.4) is 0 Å². The van der Waals surface area contributed by atoms with Crippen molar-refractivity contribution >= 4 is 27.5 Å². The van der Waals surface area contributed by atoms with Gasteiger partial charge in [0, 0.05) is 35.2 Å². The third-order valence-electron chi connectivity index (χ3n) is 3.14. The van der Waals surface area contributed by atoms with E-state index in [0.717, 1.165) is 15.1 Å². The molecule has 0 amide bonds. The van der Waals surface area contributed by atoms with Crippen molar-refractivity contribution in [3.63, 3.8) is 0 Å². The fraction of sp³-hybridized carbons (Fsp3) is 0.538. The molecular weight excluding hydrogens is 316 g/mol. The van der Waals surface area contributed by atoms with Crippen LogP contribution in [0.25, 0.3) is 0 Å². The molecule has 1 aromatic rings. The summed E-state index contributed by atoms with van der Waals surface area (Å²) in [5, 5.41) is 0.741. The monoisotopic (exact) mass is 334 g/mol. The van der Waals surface area contributed by atoms with E-state index in [4.69, 9.17) is 22.1 Å². The lowest BCUT2D eigenvalue weighted by Crippen LogP contribution is -2.39. The third-order valence-corrected chi connectivity index (χ3v) is 3.97. The first-order chi connectivity index (χ1) is 8.51. The van der Waals surface area contributed by atoms with Crippen molar-refractivity contribution in [2.24, 2.45) is 5.73 Å².